The van der Waals surface area contributed by atoms with Gasteiger partial charge in [0.2, 0.25) is 0 Å². The number of allylic oxidation sites excluding steroid dienone is 1. The molecule has 0 saturated heterocycles. The second-order valence-corrected chi connectivity index (χ2v) is 7.79. The molecule has 0 aromatic heterocycles. The summed E-state index contributed by atoms with van der Waals surface area (Å²) in [5.74, 6) is 0.799. The van der Waals surface area contributed by atoms with E-state index in [4.69, 9.17) is 18.3 Å². The molecule has 0 aliphatic heterocycles. The number of para-hydroxylation sites is 2. The van der Waals surface area contributed by atoms with Crippen molar-refractivity contribution in [1.29, 1.82) is 0 Å². The van der Waals surface area contributed by atoms with E-state index >= 15 is 0 Å². The second kappa shape index (κ2) is 8.63. The first-order chi connectivity index (χ1) is 12.3. The smallest absolute Gasteiger partial charge is 0.496 e. The van der Waals surface area contributed by atoms with Crippen molar-refractivity contribution in [2.45, 2.75) is 26.4 Å². The number of ether oxygens (including phenoxy) is 1. The molecule has 0 unspecified atom stereocenters. The highest BCUT2D eigenvalue weighted by atomic mass is 31.2. The lowest BCUT2D eigenvalue weighted by molar-refractivity contribution is 0.0762. The molecule has 5 nitrogen and oxygen atoms in total. The first kappa shape index (κ1) is 19.7. The molecule has 0 aliphatic carbocycles. The van der Waals surface area contributed by atoms with Gasteiger partial charge in [0, 0.05) is 6.08 Å². The fourth-order valence-electron chi connectivity index (χ4n) is 1.76. The predicted octanol–water partition coefficient (Wildman–Crippen LogP) is 6.11. The lowest BCUT2D eigenvalue weighted by atomic mass is 10.2. The highest BCUT2D eigenvalue weighted by molar-refractivity contribution is 7.49. The van der Waals surface area contributed by atoms with Crippen molar-refractivity contribution in [3.8, 4) is 11.5 Å². The van der Waals surface area contributed by atoms with E-state index in [0.717, 1.165) is 0 Å². The van der Waals surface area contributed by atoms with E-state index in [2.05, 4.69) is 6.58 Å². The Labute approximate surface area is 154 Å². The first-order valence-electron chi connectivity index (χ1n) is 8.08. The minimum absolute atomic E-state index is 0.0874. The third-order valence-corrected chi connectivity index (χ3v) is 4.15. The number of rotatable bonds is 8. The van der Waals surface area contributed by atoms with Gasteiger partial charge in [-0.25, -0.2) is 0 Å². The standard InChI is InChI=1S/C20H23O5P/c1-17(15-16-22-20(2,3)4)23-26(21,24-18-11-7-5-8-12-18)25-19-13-9-6-10-14-19/h5-16H,1H2,2-4H3/b16-15+. The Hall–Kier alpha value is -2.65. The second-order valence-electron chi connectivity index (χ2n) is 6.35. The summed E-state index contributed by atoms with van der Waals surface area (Å²) in [6.45, 7) is 9.44. The molecular weight excluding hydrogens is 351 g/mol. The van der Waals surface area contributed by atoms with E-state index in [1.165, 1.54) is 12.3 Å². The van der Waals surface area contributed by atoms with Crippen molar-refractivity contribution in [2.24, 2.45) is 0 Å². The van der Waals surface area contributed by atoms with Crippen LogP contribution in [-0.2, 0) is 13.8 Å². The zero-order valence-corrected chi connectivity index (χ0v) is 16.0. The summed E-state index contributed by atoms with van der Waals surface area (Å²) >= 11 is 0. The molecule has 2 aromatic carbocycles. The van der Waals surface area contributed by atoms with Gasteiger partial charge in [-0.15, -0.1) is 0 Å². The molecule has 0 saturated carbocycles. The fraction of sp³-hybridized carbons (Fsp3) is 0.200. The number of phosphoric acid groups is 1. The molecule has 0 N–H and O–H groups in total. The van der Waals surface area contributed by atoms with Crippen LogP contribution in [0.5, 0.6) is 11.5 Å². The van der Waals surface area contributed by atoms with E-state index in [1.54, 1.807) is 48.5 Å². The van der Waals surface area contributed by atoms with Crippen molar-refractivity contribution in [3.63, 3.8) is 0 Å². The molecule has 0 amide bonds. The number of phosphoric ester groups is 1. The van der Waals surface area contributed by atoms with E-state index in [0.29, 0.717) is 11.5 Å². The highest BCUT2D eigenvalue weighted by Gasteiger charge is 2.33. The summed E-state index contributed by atoms with van der Waals surface area (Å²) in [6.07, 6.45) is 2.89. The van der Waals surface area contributed by atoms with Gasteiger partial charge in [0.05, 0.1) is 11.9 Å². The Morgan fingerprint density at radius 1 is 0.923 bits per heavy atom. The molecule has 2 rings (SSSR count). The Balaban J connectivity index is 2.14. The van der Waals surface area contributed by atoms with Crippen LogP contribution in [0.25, 0.3) is 0 Å². The largest absolute Gasteiger partial charge is 0.647 e. The third-order valence-electron chi connectivity index (χ3n) is 2.83. The maximum Gasteiger partial charge on any atom is 0.647 e. The molecule has 0 heterocycles. The van der Waals surface area contributed by atoms with Gasteiger partial charge in [-0.1, -0.05) is 43.0 Å². The molecule has 0 fully saturated rings. The summed E-state index contributed by atoms with van der Waals surface area (Å²) in [5, 5.41) is 0. The van der Waals surface area contributed by atoms with E-state index in [1.807, 2.05) is 32.9 Å². The van der Waals surface area contributed by atoms with Crippen LogP contribution < -0.4 is 9.05 Å². The monoisotopic (exact) mass is 374 g/mol. The molecule has 26 heavy (non-hydrogen) atoms. The van der Waals surface area contributed by atoms with Gasteiger partial charge in [0.15, 0.2) is 0 Å². The van der Waals surface area contributed by atoms with Gasteiger partial charge in [0.25, 0.3) is 0 Å². The average molecular weight is 374 g/mol. The Bertz CT molecular complexity index is 733. The maximum atomic E-state index is 13.1. The number of benzene rings is 2. The lowest BCUT2D eigenvalue weighted by Crippen LogP contribution is -2.15. The summed E-state index contributed by atoms with van der Waals surface area (Å²) in [7, 11) is -4.01. The van der Waals surface area contributed by atoms with Crippen LogP contribution in [-0.4, -0.2) is 5.60 Å². The van der Waals surface area contributed by atoms with E-state index in [-0.39, 0.29) is 11.4 Å². The van der Waals surface area contributed by atoms with E-state index in [9.17, 15) is 4.57 Å². The van der Waals surface area contributed by atoms with Crippen LogP contribution in [0.3, 0.4) is 0 Å². The van der Waals surface area contributed by atoms with Crippen molar-refractivity contribution in [1.82, 2.24) is 0 Å². The van der Waals surface area contributed by atoms with Gasteiger partial charge in [-0.3, -0.25) is 0 Å². The van der Waals surface area contributed by atoms with Crippen LogP contribution in [0.1, 0.15) is 20.8 Å². The van der Waals surface area contributed by atoms with Gasteiger partial charge >= 0.3 is 7.82 Å². The average Bonchev–Trinajstić information content (AvgIpc) is 2.55. The van der Waals surface area contributed by atoms with Crippen molar-refractivity contribution < 1.29 is 22.9 Å². The normalized spacial score (nSPS) is 11.8. The first-order valence-corrected chi connectivity index (χ1v) is 9.54. The van der Waals surface area contributed by atoms with Crippen LogP contribution in [0.4, 0.5) is 0 Å². The third kappa shape index (κ3) is 7.08. The Morgan fingerprint density at radius 3 is 1.81 bits per heavy atom. The van der Waals surface area contributed by atoms with Crippen molar-refractivity contribution in [2.75, 3.05) is 0 Å². The molecule has 0 radical (unpaired) electrons. The Kier molecular flexibility index (Phi) is 6.53. The number of hydrogen-bond acceptors (Lipinski definition) is 5. The SMILES string of the molecule is C=C(/C=C/OC(C)(C)C)OP(=O)(Oc1ccccc1)Oc1ccccc1. The quantitative estimate of drug-likeness (QED) is 0.317. The minimum atomic E-state index is -4.01. The van der Waals surface area contributed by atoms with E-state index < -0.39 is 7.82 Å². The molecule has 6 heteroatoms. The molecule has 0 bridgehead atoms. The predicted molar refractivity (Wildman–Crippen MR) is 102 cm³/mol. The van der Waals surface area contributed by atoms with Gasteiger partial charge in [0.1, 0.15) is 17.3 Å². The minimum Gasteiger partial charge on any atom is -0.496 e. The molecular formula is C20H23O5P. The molecule has 0 aliphatic rings. The lowest BCUT2D eigenvalue weighted by Gasteiger charge is -2.20. The Morgan fingerprint density at radius 2 is 1.38 bits per heavy atom. The fourth-order valence-corrected chi connectivity index (χ4v) is 2.98. The number of hydrogen-bond donors (Lipinski definition) is 0. The van der Waals surface area contributed by atoms with Crippen molar-refractivity contribution in [3.05, 3.63) is 85.3 Å². The summed E-state index contributed by atoms with van der Waals surface area (Å²) in [5.41, 5.74) is -0.360. The van der Waals surface area contributed by atoms with Gasteiger partial charge in [-0.05, 0) is 45.0 Å². The molecule has 0 spiro atoms. The highest BCUT2D eigenvalue weighted by Crippen LogP contribution is 2.51. The molecule has 0 atom stereocenters. The van der Waals surface area contributed by atoms with Crippen LogP contribution in [0.15, 0.2) is 85.3 Å². The van der Waals surface area contributed by atoms with Gasteiger partial charge < -0.3 is 18.3 Å². The zero-order valence-electron chi connectivity index (χ0n) is 15.1. The summed E-state index contributed by atoms with van der Waals surface area (Å²) < 4.78 is 35.0. The summed E-state index contributed by atoms with van der Waals surface area (Å²) in [4.78, 5) is 0. The topological polar surface area (TPSA) is 54.0 Å². The maximum absolute atomic E-state index is 13.1. The van der Waals surface area contributed by atoms with Gasteiger partial charge in [-0.2, -0.15) is 4.57 Å². The zero-order chi connectivity index (χ0) is 19.0. The molecule has 2 aromatic rings. The van der Waals surface area contributed by atoms with Crippen molar-refractivity contribution >= 4 is 7.82 Å². The summed E-state index contributed by atoms with van der Waals surface area (Å²) in [6, 6.07) is 17.3. The molecule has 138 valence electrons. The van der Waals surface area contributed by atoms with Crippen LogP contribution >= 0.6 is 7.82 Å². The van der Waals surface area contributed by atoms with Crippen LogP contribution in [0.2, 0.25) is 0 Å². The van der Waals surface area contributed by atoms with Crippen LogP contribution in [0, 0.1) is 0 Å².